The predicted molar refractivity (Wildman–Crippen MR) is 139 cm³/mol. The van der Waals surface area contributed by atoms with E-state index in [4.69, 9.17) is 9.47 Å². The minimum Gasteiger partial charge on any atom is -0.486 e. The van der Waals surface area contributed by atoms with Crippen LogP contribution in [0.2, 0.25) is 0 Å². The maximum atomic E-state index is 15.4. The molecule has 1 fully saturated rings. The van der Waals surface area contributed by atoms with Crippen molar-refractivity contribution in [3.8, 4) is 16.9 Å². The lowest BCUT2D eigenvalue weighted by Gasteiger charge is -2.32. The zero-order chi connectivity index (χ0) is 27.6. The topological polar surface area (TPSA) is 55.8 Å². The summed E-state index contributed by atoms with van der Waals surface area (Å²) in [4.78, 5) is 11.4. The van der Waals surface area contributed by atoms with Crippen LogP contribution in [0.5, 0.6) is 5.75 Å². The van der Waals surface area contributed by atoms with Gasteiger partial charge in [-0.3, -0.25) is 4.79 Å². The number of carboxylic acid groups (broad SMARTS) is 1. The Kier molecular flexibility index (Phi) is 8.16. The normalized spacial score (nSPS) is 15.2. The van der Waals surface area contributed by atoms with Crippen LogP contribution in [0.25, 0.3) is 11.1 Å². The highest BCUT2D eigenvalue weighted by Gasteiger charge is 2.36. The Morgan fingerprint density at radius 2 is 1.74 bits per heavy atom. The van der Waals surface area contributed by atoms with Crippen molar-refractivity contribution in [1.29, 1.82) is 0 Å². The molecule has 0 aromatic heterocycles. The van der Waals surface area contributed by atoms with Gasteiger partial charge in [0.2, 0.25) is 0 Å². The number of carboxylic acids is 1. The Morgan fingerprint density at radius 3 is 2.37 bits per heavy atom. The molecule has 0 radical (unpaired) electrons. The molecule has 38 heavy (non-hydrogen) atoms. The molecule has 0 aliphatic heterocycles. The summed E-state index contributed by atoms with van der Waals surface area (Å²) >= 11 is 0. The van der Waals surface area contributed by atoms with Gasteiger partial charge in [-0.2, -0.15) is 0 Å². The van der Waals surface area contributed by atoms with Crippen molar-refractivity contribution < 1.29 is 32.5 Å². The zero-order valence-corrected chi connectivity index (χ0v) is 22.1. The minimum atomic E-state index is -0.957. The predicted octanol–water partition coefficient (Wildman–Crippen LogP) is 8.05. The highest BCUT2D eigenvalue weighted by molar-refractivity contribution is 5.69. The van der Waals surface area contributed by atoms with Crippen LogP contribution in [-0.4, -0.2) is 18.2 Å². The Bertz CT molecular complexity index is 1310. The Labute approximate surface area is 221 Å². The summed E-state index contributed by atoms with van der Waals surface area (Å²) in [7, 11) is 1.57. The molecule has 1 N–H and O–H groups in total. The largest absolute Gasteiger partial charge is 0.486 e. The molecule has 202 valence electrons. The number of benzene rings is 3. The summed E-state index contributed by atoms with van der Waals surface area (Å²) < 4.78 is 55.9. The van der Waals surface area contributed by atoms with Crippen LogP contribution in [0.15, 0.2) is 54.6 Å². The molecule has 4 nitrogen and oxygen atoms in total. The van der Waals surface area contributed by atoms with Crippen LogP contribution in [0.3, 0.4) is 0 Å². The average molecular weight is 527 g/mol. The second-order valence-corrected chi connectivity index (χ2v) is 11.0. The van der Waals surface area contributed by atoms with Gasteiger partial charge in [-0.1, -0.05) is 45.0 Å². The van der Waals surface area contributed by atoms with Crippen LogP contribution in [0.4, 0.5) is 13.2 Å². The summed E-state index contributed by atoms with van der Waals surface area (Å²) in [5, 5.41) is 9.31. The zero-order valence-electron chi connectivity index (χ0n) is 22.1. The second-order valence-electron chi connectivity index (χ2n) is 11.0. The standard InChI is InChI=1S/C31H33F3O4/c1-31(2,3)30(37-4)25-14-18(8-12-21(25)24-15-20(32)11-13-26(24)33)17-38-27-7-5-6-22(29(27)34)23(16-28(35)36)19-9-10-19/h5-8,11-15,19,23,30H,9-10,16-17H2,1-4H3,(H,35,36)/t23-,30-/m0/s1. The fourth-order valence-electron chi connectivity index (χ4n) is 5.12. The molecule has 2 atom stereocenters. The van der Waals surface area contributed by atoms with Gasteiger partial charge in [-0.05, 0) is 76.8 Å². The van der Waals surface area contributed by atoms with E-state index in [-0.39, 0.29) is 35.7 Å². The number of aliphatic carboxylic acids is 1. The first kappa shape index (κ1) is 27.7. The molecule has 3 aromatic carbocycles. The van der Waals surface area contributed by atoms with Gasteiger partial charge in [0.25, 0.3) is 0 Å². The van der Waals surface area contributed by atoms with Gasteiger partial charge in [-0.15, -0.1) is 0 Å². The van der Waals surface area contributed by atoms with Crippen molar-refractivity contribution in [1.82, 2.24) is 0 Å². The van der Waals surface area contributed by atoms with Crippen LogP contribution < -0.4 is 4.74 Å². The lowest BCUT2D eigenvalue weighted by molar-refractivity contribution is -0.137. The molecule has 3 aromatic rings. The first-order valence-corrected chi connectivity index (χ1v) is 12.7. The molecule has 0 bridgehead atoms. The van der Waals surface area contributed by atoms with Crippen molar-refractivity contribution in [2.24, 2.45) is 11.3 Å². The molecule has 1 aliphatic rings. The Morgan fingerprint density at radius 1 is 1.00 bits per heavy atom. The van der Waals surface area contributed by atoms with Crippen LogP contribution in [-0.2, 0) is 16.1 Å². The number of carbonyl (C=O) groups is 1. The lowest BCUT2D eigenvalue weighted by Crippen LogP contribution is -2.21. The summed E-state index contributed by atoms with van der Waals surface area (Å²) in [5.74, 6) is -2.79. The first-order chi connectivity index (χ1) is 18.0. The van der Waals surface area contributed by atoms with Gasteiger partial charge in [0, 0.05) is 18.6 Å². The average Bonchev–Trinajstić information content (AvgIpc) is 3.69. The number of rotatable bonds is 10. The highest BCUT2D eigenvalue weighted by Crippen LogP contribution is 2.46. The number of halogens is 3. The van der Waals surface area contributed by atoms with Crippen molar-refractivity contribution >= 4 is 5.97 Å². The van der Waals surface area contributed by atoms with Crippen molar-refractivity contribution in [2.75, 3.05) is 7.11 Å². The summed E-state index contributed by atoms with van der Waals surface area (Å²) in [6.07, 6.45) is 1.20. The third-order valence-electron chi connectivity index (χ3n) is 7.01. The van der Waals surface area contributed by atoms with Gasteiger partial charge in [0.05, 0.1) is 12.5 Å². The van der Waals surface area contributed by atoms with Gasteiger partial charge in [-0.25, -0.2) is 13.2 Å². The molecule has 1 aliphatic carbocycles. The molecular formula is C31H33F3O4. The van der Waals surface area contributed by atoms with Crippen LogP contribution in [0, 0.1) is 28.8 Å². The maximum absolute atomic E-state index is 15.4. The quantitative estimate of drug-likeness (QED) is 0.290. The number of ether oxygens (including phenoxy) is 2. The van der Waals surface area contributed by atoms with Crippen molar-refractivity contribution in [3.63, 3.8) is 0 Å². The van der Waals surface area contributed by atoms with E-state index in [1.54, 1.807) is 31.4 Å². The summed E-state index contributed by atoms with van der Waals surface area (Å²) in [5.41, 5.74) is 1.98. The Hall–Kier alpha value is -3.32. The molecular weight excluding hydrogens is 493 g/mol. The van der Waals surface area contributed by atoms with Crippen molar-refractivity contribution in [3.05, 3.63) is 88.7 Å². The van der Waals surface area contributed by atoms with Gasteiger partial charge in [0.1, 0.15) is 18.2 Å². The number of methoxy groups -OCH3 is 1. The smallest absolute Gasteiger partial charge is 0.303 e. The van der Waals surface area contributed by atoms with E-state index < -0.39 is 35.4 Å². The van der Waals surface area contributed by atoms with Gasteiger partial charge in [0.15, 0.2) is 11.6 Å². The third kappa shape index (κ3) is 6.21. The lowest BCUT2D eigenvalue weighted by atomic mass is 9.81. The monoisotopic (exact) mass is 526 g/mol. The molecule has 7 heteroatoms. The van der Waals surface area contributed by atoms with Crippen LogP contribution in [0.1, 0.15) is 68.7 Å². The molecule has 0 heterocycles. The van der Waals surface area contributed by atoms with Crippen LogP contribution >= 0.6 is 0 Å². The van der Waals surface area contributed by atoms with E-state index >= 15 is 4.39 Å². The fourth-order valence-corrected chi connectivity index (χ4v) is 5.12. The van der Waals surface area contributed by atoms with E-state index in [1.807, 2.05) is 26.8 Å². The maximum Gasteiger partial charge on any atom is 0.303 e. The van der Waals surface area contributed by atoms with E-state index in [2.05, 4.69) is 0 Å². The minimum absolute atomic E-state index is 0.0207. The van der Waals surface area contributed by atoms with E-state index in [9.17, 15) is 18.7 Å². The molecule has 0 saturated heterocycles. The molecule has 0 amide bonds. The Balaban J connectivity index is 1.66. The van der Waals surface area contributed by atoms with E-state index in [1.165, 1.54) is 6.07 Å². The van der Waals surface area contributed by atoms with E-state index in [0.29, 0.717) is 22.3 Å². The van der Waals surface area contributed by atoms with Gasteiger partial charge < -0.3 is 14.6 Å². The summed E-state index contributed by atoms with van der Waals surface area (Å²) in [6.45, 7) is 5.99. The van der Waals surface area contributed by atoms with Gasteiger partial charge >= 0.3 is 5.97 Å². The highest BCUT2D eigenvalue weighted by atomic mass is 19.1. The molecule has 4 rings (SSSR count). The molecule has 0 spiro atoms. The SMILES string of the molecule is CO[C@@H](c1cc(COc2cccc([C@@H](CC(=O)O)C3CC3)c2F)ccc1-c1cc(F)ccc1F)C(C)(C)C. The second kappa shape index (κ2) is 11.2. The first-order valence-electron chi connectivity index (χ1n) is 12.7. The van der Waals surface area contributed by atoms with Crippen molar-refractivity contribution in [2.45, 2.75) is 58.7 Å². The van der Waals surface area contributed by atoms with E-state index in [0.717, 1.165) is 31.0 Å². The summed E-state index contributed by atoms with van der Waals surface area (Å²) in [6, 6.07) is 13.4. The number of hydrogen-bond donors (Lipinski definition) is 1. The fraction of sp³-hybridized carbons (Fsp3) is 0.387. The molecule has 0 unspecified atom stereocenters. The number of hydrogen-bond acceptors (Lipinski definition) is 3. The third-order valence-corrected chi connectivity index (χ3v) is 7.01. The molecule has 1 saturated carbocycles.